The predicted molar refractivity (Wildman–Crippen MR) is 58.8 cm³/mol. The molecule has 1 aliphatic carbocycles. The molecule has 15 heavy (non-hydrogen) atoms. The number of nitrogens with zero attached hydrogens (tertiary/aromatic N) is 1. The van der Waals surface area contributed by atoms with Gasteiger partial charge in [0.25, 0.3) is 5.69 Å². The number of benzene rings is 1. The molecule has 0 spiro atoms. The van der Waals surface area contributed by atoms with Crippen LogP contribution in [0.3, 0.4) is 0 Å². The minimum atomic E-state index is -0.393. The molecular formula is C10H10BrNO3. The molecule has 4 nitrogen and oxygen atoms in total. The summed E-state index contributed by atoms with van der Waals surface area (Å²) in [5.41, 5.74) is 0.387. The van der Waals surface area contributed by atoms with Crippen LogP contribution in [0, 0.1) is 10.1 Å². The van der Waals surface area contributed by atoms with Gasteiger partial charge in [0.1, 0.15) is 0 Å². The van der Waals surface area contributed by atoms with Gasteiger partial charge >= 0.3 is 0 Å². The van der Waals surface area contributed by atoms with Crippen molar-refractivity contribution in [2.75, 3.05) is 6.61 Å². The highest BCUT2D eigenvalue weighted by molar-refractivity contribution is 9.10. The number of hydrogen-bond acceptors (Lipinski definition) is 3. The normalized spacial score (nSPS) is 17.5. The lowest BCUT2D eigenvalue weighted by molar-refractivity contribution is -0.386. The van der Waals surface area contributed by atoms with Crippen molar-refractivity contribution in [1.82, 2.24) is 0 Å². The Morgan fingerprint density at radius 2 is 2.20 bits per heavy atom. The molecule has 5 heteroatoms. The first-order chi connectivity index (χ1) is 7.09. The van der Waals surface area contributed by atoms with Crippen LogP contribution in [0.4, 0.5) is 5.69 Å². The third-order valence-electron chi connectivity index (χ3n) is 2.88. The number of aliphatic hydroxyl groups excluding tert-OH is 1. The predicted octanol–water partition coefficient (Wildman–Crippen LogP) is 2.38. The zero-order valence-corrected chi connectivity index (χ0v) is 9.53. The Morgan fingerprint density at radius 1 is 1.53 bits per heavy atom. The molecule has 0 bridgehead atoms. The molecule has 0 aliphatic heterocycles. The van der Waals surface area contributed by atoms with Crippen molar-refractivity contribution in [2.45, 2.75) is 18.3 Å². The van der Waals surface area contributed by atoms with Crippen LogP contribution < -0.4 is 0 Å². The summed E-state index contributed by atoms with van der Waals surface area (Å²) in [6, 6.07) is 4.99. The van der Waals surface area contributed by atoms with Crippen molar-refractivity contribution in [3.8, 4) is 0 Å². The maximum atomic E-state index is 10.9. The minimum Gasteiger partial charge on any atom is -0.395 e. The van der Waals surface area contributed by atoms with E-state index in [-0.39, 0.29) is 17.7 Å². The third-order valence-corrected chi connectivity index (χ3v) is 3.38. The number of nitro benzene ring substituents is 1. The average molecular weight is 272 g/mol. The van der Waals surface area contributed by atoms with Gasteiger partial charge in [-0.1, -0.05) is 22.0 Å². The van der Waals surface area contributed by atoms with Crippen LogP contribution in [-0.2, 0) is 5.41 Å². The Bertz CT molecular complexity index is 415. The van der Waals surface area contributed by atoms with Crippen molar-refractivity contribution in [1.29, 1.82) is 0 Å². The quantitative estimate of drug-likeness (QED) is 0.678. The van der Waals surface area contributed by atoms with Gasteiger partial charge in [-0.2, -0.15) is 0 Å². The van der Waals surface area contributed by atoms with Crippen LogP contribution in [0.25, 0.3) is 0 Å². The Hall–Kier alpha value is -0.940. The summed E-state index contributed by atoms with van der Waals surface area (Å²) >= 11 is 3.21. The zero-order valence-electron chi connectivity index (χ0n) is 7.94. The first kappa shape index (κ1) is 10.6. The molecule has 0 unspecified atom stereocenters. The number of halogens is 1. The second-order valence-electron chi connectivity index (χ2n) is 3.86. The Kier molecular flexibility index (Phi) is 2.52. The lowest BCUT2D eigenvalue weighted by Crippen LogP contribution is -2.14. The first-order valence-corrected chi connectivity index (χ1v) is 5.44. The van der Waals surface area contributed by atoms with E-state index in [2.05, 4.69) is 15.9 Å². The molecule has 0 atom stereocenters. The van der Waals surface area contributed by atoms with Crippen molar-refractivity contribution < 1.29 is 10.0 Å². The van der Waals surface area contributed by atoms with Crippen LogP contribution in [0.1, 0.15) is 18.4 Å². The van der Waals surface area contributed by atoms with Crippen molar-refractivity contribution in [2.24, 2.45) is 0 Å². The van der Waals surface area contributed by atoms with Crippen LogP contribution in [0.5, 0.6) is 0 Å². The van der Waals surface area contributed by atoms with E-state index >= 15 is 0 Å². The summed E-state index contributed by atoms with van der Waals surface area (Å²) < 4.78 is 0.687. The van der Waals surface area contributed by atoms with E-state index in [1.807, 2.05) is 0 Å². The van der Waals surface area contributed by atoms with E-state index in [0.29, 0.717) is 10.0 Å². The highest BCUT2D eigenvalue weighted by Gasteiger charge is 2.47. The fourth-order valence-corrected chi connectivity index (χ4v) is 2.12. The molecule has 1 aliphatic rings. The molecule has 0 heterocycles. The highest BCUT2D eigenvalue weighted by atomic mass is 79.9. The minimum absolute atomic E-state index is 0.0184. The monoisotopic (exact) mass is 271 g/mol. The van der Waals surface area contributed by atoms with Gasteiger partial charge in [-0.3, -0.25) is 10.1 Å². The molecule has 0 amide bonds. The van der Waals surface area contributed by atoms with Crippen LogP contribution in [-0.4, -0.2) is 16.6 Å². The molecule has 1 fully saturated rings. The molecule has 1 aromatic carbocycles. The van der Waals surface area contributed by atoms with Gasteiger partial charge in [-0.15, -0.1) is 0 Å². The number of nitro groups is 1. The van der Waals surface area contributed by atoms with Crippen molar-refractivity contribution in [3.63, 3.8) is 0 Å². The summed E-state index contributed by atoms with van der Waals surface area (Å²) in [5.74, 6) is 0. The Balaban J connectivity index is 2.51. The van der Waals surface area contributed by atoms with Crippen molar-refractivity contribution in [3.05, 3.63) is 38.3 Å². The number of aliphatic hydroxyl groups is 1. The highest BCUT2D eigenvalue weighted by Crippen LogP contribution is 2.50. The number of hydrogen-bond donors (Lipinski definition) is 1. The summed E-state index contributed by atoms with van der Waals surface area (Å²) in [5, 5.41) is 20.1. The second kappa shape index (κ2) is 3.57. The van der Waals surface area contributed by atoms with Gasteiger partial charge in [0.05, 0.1) is 11.5 Å². The summed E-state index contributed by atoms with van der Waals surface area (Å²) in [6.45, 7) is -0.0184. The lowest BCUT2D eigenvalue weighted by Gasteiger charge is -2.12. The van der Waals surface area contributed by atoms with Gasteiger partial charge in [0, 0.05) is 21.5 Å². The maximum Gasteiger partial charge on any atom is 0.274 e. The molecular weight excluding hydrogens is 262 g/mol. The van der Waals surface area contributed by atoms with E-state index in [0.717, 1.165) is 12.8 Å². The van der Waals surface area contributed by atoms with E-state index in [9.17, 15) is 15.2 Å². The molecule has 1 saturated carbocycles. The second-order valence-corrected chi connectivity index (χ2v) is 4.77. The zero-order chi connectivity index (χ0) is 11.1. The average Bonchev–Trinajstić information content (AvgIpc) is 2.98. The standard InChI is InChI=1S/C10H10BrNO3/c11-7-1-2-8(9(5-7)12(14)15)10(6-13)3-4-10/h1-2,5,13H,3-4,6H2. The van der Waals surface area contributed by atoms with Crippen LogP contribution in [0.15, 0.2) is 22.7 Å². The van der Waals surface area contributed by atoms with E-state index in [4.69, 9.17) is 0 Å². The lowest BCUT2D eigenvalue weighted by atomic mass is 9.95. The molecule has 1 aromatic rings. The molecule has 80 valence electrons. The SMILES string of the molecule is O=[N+]([O-])c1cc(Br)ccc1C1(CO)CC1. The fourth-order valence-electron chi connectivity index (χ4n) is 1.77. The Morgan fingerprint density at radius 3 is 2.67 bits per heavy atom. The topological polar surface area (TPSA) is 63.4 Å². The van der Waals surface area contributed by atoms with Crippen LogP contribution in [0.2, 0.25) is 0 Å². The largest absolute Gasteiger partial charge is 0.395 e. The van der Waals surface area contributed by atoms with Gasteiger partial charge in [-0.05, 0) is 18.9 Å². The smallest absolute Gasteiger partial charge is 0.274 e. The third kappa shape index (κ3) is 1.77. The van der Waals surface area contributed by atoms with E-state index in [1.54, 1.807) is 12.1 Å². The Labute approximate surface area is 95.2 Å². The molecule has 1 N–H and O–H groups in total. The van der Waals surface area contributed by atoms with Crippen LogP contribution >= 0.6 is 15.9 Å². The summed E-state index contributed by atoms with van der Waals surface area (Å²) in [4.78, 5) is 10.5. The van der Waals surface area contributed by atoms with Crippen molar-refractivity contribution >= 4 is 21.6 Å². The van der Waals surface area contributed by atoms with Gasteiger partial charge < -0.3 is 5.11 Å². The number of rotatable bonds is 3. The van der Waals surface area contributed by atoms with E-state index in [1.165, 1.54) is 6.07 Å². The molecule has 0 saturated heterocycles. The van der Waals surface area contributed by atoms with Gasteiger partial charge in [-0.25, -0.2) is 0 Å². The summed E-state index contributed by atoms with van der Waals surface area (Å²) in [6.07, 6.45) is 1.65. The van der Waals surface area contributed by atoms with Gasteiger partial charge in [0.2, 0.25) is 0 Å². The maximum absolute atomic E-state index is 10.9. The van der Waals surface area contributed by atoms with E-state index < -0.39 is 4.92 Å². The molecule has 0 radical (unpaired) electrons. The molecule has 2 rings (SSSR count). The fraction of sp³-hybridized carbons (Fsp3) is 0.400. The first-order valence-electron chi connectivity index (χ1n) is 4.64. The summed E-state index contributed by atoms with van der Waals surface area (Å²) in [7, 11) is 0. The van der Waals surface area contributed by atoms with Gasteiger partial charge in [0.15, 0.2) is 0 Å². The molecule has 0 aromatic heterocycles.